The Balaban J connectivity index is 0.000000370. The number of fused-ring (bicyclic) bond motifs is 1. The molecule has 1 N–H and O–H groups in total. The standard InChI is InChI=1S/C17H19N2OS2.F6P/c1-18(11-12-20)16-9-7-13(21-16)8-10-17-19(2)14-5-3-4-6-15(14)22-17;1-7(2,3,4,5)6/h3-10,20H,11-12H2,1-2H3;/q+1;-1. The van der Waals surface area contributed by atoms with Gasteiger partial charge in [-0.25, -0.2) is 0 Å². The quantitative estimate of drug-likeness (QED) is 0.250. The van der Waals surface area contributed by atoms with Gasteiger partial charge in [0, 0.05) is 30.6 Å². The number of aliphatic hydroxyl groups excluding tert-OH is 1. The van der Waals surface area contributed by atoms with E-state index in [1.54, 1.807) is 22.7 Å². The van der Waals surface area contributed by atoms with Gasteiger partial charge in [-0.15, -0.1) is 11.3 Å². The van der Waals surface area contributed by atoms with Crippen LogP contribution in [0.15, 0.2) is 36.4 Å². The van der Waals surface area contributed by atoms with Gasteiger partial charge in [0.2, 0.25) is 5.52 Å². The Morgan fingerprint density at radius 1 is 1.00 bits per heavy atom. The fourth-order valence-corrected chi connectivity index (χ4v) is 4.27. The number of hydrogen-bond donors (Lipinski definition) is 1. The summed E-state index contributed by atoms with van der Waals surface area (Å²) in [6.07, 6.45) is 4.33. The molecule has 3 nitrogen and oxygen atoms in total. The Labute approximate surface area is 171 Å². The van der Waals surface area contributed by atoms with Crippen LogP contribution in [0.3, 0.4) is 0 Å². The molecule has 0 bridgehead atoms. The first-order valence-electron chi connectivity index (χ1n) is 8.18. The van der Waals surface area contributed by atoms with Crippen molar-refractivity contribution in [2.45, 2.75) is 0 Å². The fraction of sp³-hybridized carbons (Fsp3) is 0.235. The van der Waals surface area contributed by atoms with E-state index in [0.717, 1.165) is 0 Å². The predicted octanol–water partition coefficient (Wildman–Crippen LogP) is 6.77. The van der Waals surface area contributed by atoms with Crippen LogP contribution < -0.4 is 9.47 Å². The van der Waals surface area contributed by atoms with Crippen molar-refractivity contribution in [2.75, 3.05) is 25.1 Å². The summed E-state index contributed by atoms with van der Waals surface area (Å²) in [7, 11) is -6.55. The first-order chi connectivity index (χ1) is 13.1. The van der Waals surface area contributed by atoms with Gasteiger partial charge in [-0.1, -0.05) is 23.5 Å². The molecular weight excluding hydrogens is 457 g/mol. The van der Waals surface area contributed by atoms with Crippen LogP contribution in [-0.2, 0) is 7.05 Å². The number of hydrogen-bond acceptors (Lipinski definition) is 4. The van der Waals surface area contributed by atoms with Crippen LogP contribution in [0, 0.1) is 0 Å². The number of thiophene rings is 1. The summed E-state index contributed by atoms with van der Waals surface area (Å²) in [5, 5.41) is 11.4. The van der Waals surface area contributed by atoms with Crippen LogP contribution in [-0.4, -0.2) is 25.3 Å². The molecule has 0 amide bonds. The molecule has 12 heteroatoms. The van der Waals surface area contributed by atoms with Crippen LogP contribution >= 0.6 is 30.5 Å². The third-order valence-corrected chi connectivity index (χ3v) is 5.94. The normalized spacial score (nSPS) is 14.4. The summed E-state index contributed by atoms with van der Waals surface area (Å²) >= 11 is 3.54. The van der Waals surface area contributed by atoms with Gasteiger partial charge in [0.25, 0.3) is 5.01 Å². The molecule has 3 rings (SSSR count). The summed E-state index contributed by atoms with van der Waals surface area (Å²) in [6, 6.07) is 12.7. The van der Waals surface area contributed by atoms with Gasteiger partial charge in [0.05, 0.1) is 11.6 Å². The van der Waals surface area contributed by atoms with Crippen molar-refractivity contribution in [2.24, 2.45) is 7.05 Å². The van der Waals surface area contributed by atoms with Crippen molar-refractivity contribution in [3.8, 4) is 0 Å². The zero-order chi connectivity index (χ0) is 21.9. The molecule has 0 saturated heterocycles. The second-order valence-electron chi connectivity index (χ2n) is 6.08. The van der Waals surface area contributed by atoms with Crippen molar-refractivity contribution in [3.63, 3.8) is 0 Å². The maximum atomic E-state index is 9.87. The van der Waals surface area contributed by atoms with Gasteiger partial charge in [-0.2, -0.15) is 4.57 Å². The molecule has 29 heavy (non-hydrogen) atoms. The predicted molar refractivity (Wildman–Crippen MR) is 110 cm³/mol. The Kier molecular flexibility index (Phi) is 6.40. The molecule has 0 aliphatic heterocycles. The van der Waals surface area contributed by atoms with E-state index < -0.39 is 7.81 Å². The summed E-state index contributed by atoms with van der Waals surface area (Å²) in [6.45, 7) is 0.839. The summed E-state index contributed by atoms with van der Waals surface area (Å²) in [5.41, 5.74) is 1.27. The number of anilines is 1. The molecule has 3 aromatic rings. The van der Waals surface area contributed by atoms with Gasteiger partial charge >= 0.3 is 33.0 Å². The minimum absolute atomic E-state index is 0.178. The third-order valence-electron chi connectivity index (χ3n) is 3.59. The molecule has 162 valence electrons. The van der Waals surface area contributed by atoms with Gasteiger partial charge in [-0.3, -0.25) is 0 Å². The average molecular weight is 476 g/mol. The van der Waals surface area contributed by atoms with E-state index in [9.17, 15) is 25.2 Å². The number of aliphatic hydroxyl groups is 1. The first-order valence-corrected chi connectivity index (χ1v) is 11.8. The van der Waals surface area contributed by atoms with E-state index in [1.807, 2.05) is 7.05 Å². The molecule has 0 spiro atoms. The van der Waals surface area contributed by atoms with E-state index >= 15 is 0 Å². The number of aryl methyl sites for hydroxylation is 1. The number of benzene rings is 1. The van der Waals surface area contributed by atoms with E-state index in [4.69, 9.17) is 5.11 Å². The Morgan fingerprint density at radius 2 is 1.62 bits per heavy atom. The topological polar surface area (TPSA) is 27.3 Å². The van der Waals surface area contributed by atoms with Crippen molar-refractivity contribution < 1.29 is 34.9 Å². The number of nitrogens with zero attached hydrogens (tertiary/aromatic N) is 2. The number of aromatic nitrogens is 1. The zero-order valence-electron chi connectivity index (χ0n) is 15.4. The number of thiazole rings is 1. The molecule has 0 atom stereocenters. The second kappa shape index (κ2) is 7.86. The summed E-state index contributed by atoms with van der Waals surface area (Å²) in [5.74, 6) is 0. The molecule has 0 aliphatic carbocycles. The van der Waals surface area contributed by atoms with Crippen LogP contribution in [0.1, 0.15) is 9.88 Å². The molecule has 0 aliphatic rings. The summed E-state index contributed by atoms with van der Waals surface area (Å²) < 4.78 is 62.7. The number of para-hydroxylation sites is 1. The first kappa shape index (κ1) is 23.6. The maximum absolute atomic E-state index is 10.7. The average Bonchev–Trinajstić information content (AvgIpc) is 3.16. The van der Waals surface area contributed by atoms with E-state index in [2.05, 4.69) is 65.1 Å². The van der Waals surface area contributed by atoms with Gasteiger partial charge in [0.1, 0.15) is 11.7 Å². The van der Waals surface area contributed by atoms with Crippen molar-refractivity contribution in [3.05, 3.63) is 46.3 Å². The van der Waals surface area contributed by atoms with Crippen LogP contribution in [0.2, 0.25) is 0 Å². The molecule has 0 saturated carbocycles. The number of rotatable bonds is 5. The SMILES string of the molecule is CN(CCO)c1ccc(/C=C/c2sc3ccccc3[n+]2C)s1.F[P-](F)(F)(F)(F)F. The van der Waals surface area contributed by atoms with Crippen LogP contribution in [0.4, 0.5) is 30.2 Å². The van der Waals surface area contributed by atoms with Crippen molar-refractivity contribution in [1.82, 2.24) is 0 Å². The zero-order valence-corrected chi connectivity index (χ0v) is 17.9. The molecule has 0 unspecified atom stereocenters. The molecular formula is C17H19F6N2OPS2. The van der Waals surface area contributed by atoms with Crippen LogP contribution in [0.25, 0.3) is 22.4 Å². The Bertz CT molecular complexity index is 1000. The fourth-order valence-electron chi connectivity index (χ4n) is 2.32. The van der Waals surface area contributed by atoms with E-state index in [0.29, 0.717) is 6.54 Å². The number of likely N-dealkylation sites (N-methyl/N-ethyl adjacent to an activating group) is 1. The van der Waals surface area contributed by atoms with Crippen molar-refractivity contribution in [1.29, 1.82) is 0 Å². The molecule has 2 heterocycles. The molecule has 1 aromatic carbocycles. The minimum atomic E-state index is -10.7. The van der Waals surface area contributed by atoms with Gasteiger partial charge in [-0.05, 0) is 24.3 Å². The Hall–Kier alpha value is -1.68. The molecule has 0 fully saturated rings. The van der Waals surface area contributed by atoms with Crippen molar-refractivity contribution >= 4 is 57.9 Å². The third kappa shape index (κ3) is 8.69. The van der Waals surface area contributed by atoms with E-state index in [1.165, 1.54) is 25.1 Å². The molecule has 0 radical (unpaired) electrons. The molecule has 2 aromatic heterocycles. The van der Waals surface area contributed by atoms with Gasteiger partial charge < -0.3 is 10.0 Å². The Morgan fingerprint density at radius 3 is 2.21 bits per heavy atom. The van der Waals surface area contributed by atoms with Crippen LogP contribution in [0.5, 0.6) is 0 Å². The van der Waals surface area contributed by atoms with Gasteiger partial charge in [0.15, 0.2) is 0 Å². The second-order valence-corrected chi connectivity index (χ2v) is 10.2. The summed E-state index contributed by atoms with van der Waals surface area (Å²) in [4.78, 5) is 3.29. The number of halogens is 6. The van der Waals surface area contributed by atoms with E-state index in [-0.39, 0.29) is 6.61 Å². The monoisotopic (exact) mass is 476 g/mol.